The lowest BCUT2D eigenvalue weighted by atomic mass is 10.2. The maximum Gasteiger partial charge on any atom is 0.215 e. The van der Waals surface area contributed by atoms with Crippen LogP contribution in [0.25, 0.3) is 11.0 Å². The van der Waals surface area contributed by atoms with E-state index in [4.69, 9.17) is 4.74 Å². The smallest absolute Gasteiger partial charge is 0.215 e. The molecule has 0 unspecified atom stereocenters. The van der Waals surface area contributed by atoms with Gasteiger partial charge in [-0.2, -0.15) is 4.98 Å². The molecule has 0 bridgehead atoms. The molecule has 0 amide bonds. The number of hydrogen-bond acceptors (Lipinski definition) is 5. The van der Waals surface area contributed by atoms with Gasteiger partial charge in [0.05, 0.1) is 6.61 Å². The van der Waals surface area contributed by atoms with Crippen molar-refractivity contribution < 1.29 is 4.74 Å². The molecule has 0 spiro atoms. The highest BCUT2D eigenvalue weighted by atomic mass is 16.5. The molecule has 0 aromatic carbocycles. The molecular weight excluding hydrogens is 326 g/mol. The van der Waals surface area contributed by atoms with Gasteiger partial charge in [-0.15, -0.1) is 0 Å². The van der Waals surface area contributed by atoms with Crippen LogP contribution >= 0.6 is 0 Å². The minimum Gasteiger partial charge on any atom is -0.478 e. The third kappa shape index (κ3) is 4.14. The van der Waals surface area contributed by atoms with E-state index in [-0.39, 0.29) is 0 Å². The number of H-pyrrole nitrogens is 1. The standard InChI is InChI=1S/C20H25N5O/c1-2-9-21-18(5-1)25-14-12-24(13-15-25)11-3-4-16-26-19-7-6-17-8-10-22-20(17)23-19/h1-2,5-10H,3-4,11-16H2,(H,22,23). The molecule has 1 N–H and O–H groups in total. The van der Waals surface area contributed by atoms with Gasteiger partial charge in [-0.3, -0.25) is 4.90 Å². The second-order valence-electron chi connectivity index (χ2n) is 6.64. The molecule has 1 aliphatic heterocycles. The largest absolute Gasteiger partial charge is 0.478 e. The van der Waals surface area contributed by atoms with Crippen LogP contribution in [0.4, 0.5) is 5.82 Å². The Morgan fingerprint density at radius 3 is 2.77 bits per heavy atom. The molecular formula is C20H25N5O. The fourth-order valence-electron chi connectivity index (χ4n) is 3.35. The minimum absolute atomic E-state index is 0.698. The van der Waals surface area contributed by atoms with Crippen LogP contribution in [0.3, 0.4) is 0 Å². The Balaban J connectivity index is 1.13. The summed E-state index contributed by atoms with van der Waals surface area (Å²) in [5, 5.41) is 1.11. The minimum atomic E-state index is 0.698. The van der Waals surface area contributed by atoms with Crippen molar-refractivity contribution in [2.24, 2.45) is 0 Å². The van der Waals surface area contributed by atoms with Crippen LogP contribution in [0.5, 0.6) is 5.88 Å². The van der Waals surface area contributed by atoms with Gasteiger partial charge < -0.3 is 14.6 Å². The number of fused-ring (bicyclic) bond motifs is 1. The number of rotatable bonds is 7. The van der Waals surface area contributed by atoms with Crippen LogP contribution in [0.15, 0.2) is 48.8 Å². The number of piperazine rings is 1. The molecule has 6 heteroatoms. The number of hydrogen-bond donors (Lipinski definition) is 1. The Kier molecular flexibility index (Phi) is 5.30. The average Bonchev–Trinajstić information content (AvgIpc) is 3.17. The zero-order valence-electron chi connectivity index (χ0n) is 15.0. The van der Waals surface area contributed by atoms with E-state index >= 15 is 0 Å². The van der Waals surface area contributed by atoms with E-state index < -0.39 is 0 Å². The third-order valence-corrected chi connectivity index (χ3v) is 4.85. The molecule has 0 aliphatic carbocycles. The highest BCUT2D eigenvalue weighted by Gasteiger charge is 2.17. The molecule has 4 heterocycles. The van der Waals surface area contributed by atoms with Crippen molar-refractivity contribution in [3.8, 4) is 5.88 Å². The molecule has 1 aliphatic rings. The summed E-state index contributed by atoms with van der Waals surface area (Å²) in [5.74, 6) is 1.79. The quantitative estimate of drug-likeness (QED) is 0.663. The normalized spacial score (nSPS) is 15.5. The molecule has 3 aromatic rings. The number of aromatic nitrogens is 3. The summed E-state index contributed by atoms with van der Waals surface area (Å²) in [7, 11) is 0. The topological polar surface area (TPSA) is 57.3 Å². The summed E-state index contributed by atoms with van der Waals surface area (Å²) in [6, 6.07) is 12.1. The van der Waals surface area contributed by atoms with Crippen LogP contribution in [0.2, 0.25) is 0 Å². The summed E-state index contributed by atoms with van der Waals surface area (Å²) >= 11 is 0. The van der Waals surface area contributed by atoms with Gasteiger partial charge >= 0.3 is 0 Å². The molecule has 0 radical (unpaired) electrons. The first-order valence-electron chi connectivity index (χ1n) is 9.34. The molecule has 1 saturated heterocycles. The average molecular weight is 351 g/mol. The maximum atomic E-state index is 5.78. The second-order valence-corrected chi connectivity index (χ2v) is 6.64. The van der Waals surface area contributed by atoms with Crippen LogP contribution < -0.4 is 9.64 Å². The van der Waals surface area contributed by atoms with E-state index in [1.54, 1.807) is 0 Å². The number of anilines is 1. The van der Waals surface area contributed by atoms with E-state index in [9.17, 15) is 0 Å². The van der Waals surface area contributed by atoms with Crippen molar-refractivity contribution in [3.63, 3.8) is 0 Å². The number of unbranched alkanes of at least 4 members (excludes halogenated alkanes) is 1. The SMILES string of the molecule is c1ccc(N2CCN(CCCCOc3ccc4cc[nH]c4n3)CC2)nc1. The molecule has 0 saturated carbocycles. The van der Waals surface area contributed by atoms with Gasteiger partial charge in [0.25, 0.3) is 0 Å². The van der Waals surface area contributed by atoms with E-state index in [1.165, 1.54) is 0 Å². The molecule has 26 heavy (non-hydrogen) atoms. The first kappa shape index (κ1) is 16.8. The monoisotopic (exact) mass is 351 g/mol. The zero-order valence-corrected chi connectivity index (χ0v) is 15.0. The third-order valence-electron chi connectivity index (χ3n) is 4.85. The summed E-state index contributed by atoms with van der Waals surface area (Å²) < 4.78 is 5.78. The Labute approximate surface area is 153 Å². The molecule has 3 aromatic heterocycles. The van der Waals surface area contributed by atoms with Crippen molar-refractivity contribution in [2.75, 3.05) is 44.2 Å². The Morgan fingerprint density at radius 2 is 1.92 bits per heavy atom. The van der Waals surface area contributed by atoms with E-state index in [2.05, 4.69) is 36.9 Å². The fourth-order valence-corrected chi connectivity index (χ4v) is 3.35. The Bertz CT molecular complexity index is 811. The number of aromatic amines is 1. The van der Waals surface area contributed by atoms with E-state index in [1.807, 2.05) is 36.7 Å². The lowest BCUT2D eigenvalue weighted by molar-refractivity contribution is 0.236. The van der Waals surface area contributed by atoms with Crippen LogP contribution in [0, 0.1) is 0 Å². The first-order chi connectivity index (χ1) is 12.9. The Hall–Kier alpha value is -2.60. The summed E-state index contributed by atoms with van der Waals surface area (Å²) in [6.45, 7) is 6.14. The number of nitrogens with one attached hydrogen (secondary N) is 1. The van der Waals surface area contributed by atoms with Crippen LogP contribution in [-0.2, 0) is 0 Å². The van der Waals surface area contributed by atoms with Gasteiger partial charge in [-0.25, -0.2) is 4.98 Å². The maximum absolute atomic E-state index is 5.78. The van der Waals surface area contributed by atoms with Gasteiger partial charge in [-0.1, -0.05) is 6.07 Å². The Morgan fingerprint density at radius 1 is 1.00 bits per heavy atom. The molecule has 4 rings (SSSR count). The number of pyridine rings is 2. The summed E-state index contributed by atoms with van der Waals surface area (Å²) in [4.78, 5) is 16.9. The zero-order chi connectivity index (χ0) is 17.6. The van der Waals surface area contributed by atoms with Gasteiger partial charge in [0, 0.05) is 50.0 Å². The molecule has 1 fully saturated rings. The highest BCUT2D eigenvalue weighted by molar-refractivity contribution is 5.75. The van der Waals surface area contributed by atoms with Gasteiger partial charge in [0.2, 0.25) is 5.88 Å². The number of nitrogens with zero attached hydrogens (tertiary/aromatic N) is 4. The summed E-state index contributed by atoms with van der Waals surface area (Å²) in [5.41, 5.74) is 0.883. The molecule has 0 atom stereocenters. The van der Waals surface area contributed by atoms with Crippen molar-refractivity contribution in [3.05, 3.63) is 48.8 Å². The lowest BCUT2D eigenvalue weighted by Crippen LogP contribution is -2.46. The summed E-state index contributed by atoms with van der Waals surface area (Å²) in [6.07, 6.45) is 5.96. The van der Waals surface area contributed by atoms with Crippen molar-refractivity contribution in [1.29, 1.82) is 0 Å². The predicted octanol–water partition coefficient (Wildman–Crippen LogP) is 2.94. The van der Waals surface area contributed by atoms with Gasteiger partial charge in [-0.05, 0) is 43.7 Å². The first-order valence-corrected chi connectivity index (χ1v) is 9.34. The van der Waals surface area contributed by atoms with Crippen LogP contribution in [0.1, 0.15) is 12.8 Å². The highest BCUT2D eigenvalue weighted by Crippen LogP contribution is 2.15. The van der Waals surface area contributed by atoms with Gasteiger partial charge in [0.1, 0.15) is 11.5 Å². The van der Waals surface area contributed by atoms with Crippen molar-refractivity contribution in [1.82, 2.24) is 19.9 Å². The van der Waals surface area contributed by atoms with Crippen molar-refractivity contribution in [2.45, 2.75) is 12.8 Å². The predicted molar refractivity (Wildman–Crippen MR) is 104 cm³/mol. The van der Waals surface area contributed by atoms with Crippen LogP contribution in [-0.4, -0.2) is 59.2 Å². The molecule has 136 valence electrons. The second kappa shape index (κ2) is 8.19. The van der Waals surface area contributed by atoms with E-state index in [0.717, 1.165) is 62.4 Å². The fraction of sp³-hybridized carbons (Fsp3) is 0.400. The van der Waals surface area contributed by atoms with Gasteiger partial charge in [0.15, 0.2) is 0 Å². The van der Waals surface area contributed by atoms with E-state index in [0.29, 0.717) is 12.5 Å². The lowest BCUT2D eigenvalue weighted by Gasteiger charge is -2.35. The number of ether oxygens (including phenoxy) is 1. The molecule has 6 nitrogen and oxygen atoms in total. The van der Waals surface area contributed by atoms with Crippen molar-refractivity contribution >= 4 is 16.9 Å².